The highest BCUT2D eigenvalue weighted by Crippen LogP contribution is 2.34. The third-order valence-corrected chi connectivity index (χ3v) is 3.92. The topological polar surface area (TPSA) is 55.8 Å². The van der Waals surface area contributed by atoms with Crippen molar-refractivity contribution in [1.29, 1.82) is 0 Å². The summed E-state index contributed by atoms with van der Waals surface area (Å²) in [7, 11) is 0. The van der Waals surface area contributed by atoms with Gasteiger partial charge in [0.15, 0.2) is 0 Å². The minimum absolute atomic E-state index is 0.0107. The lowest BCUT2D eigenvalue weighted by atomic mass is 10.0. The zero-order valence-corrected chi connectivity index (χ0v) is 16.6. The molecule has 0 aliphatic heterocycles. The van der Waals surface area contributed by atoms with Crippen LogP contribution in [-0.2, 0) is 11.2 Å². The van der Waals surface area contributed by atoms with Gasteiger partial charge in [-0.15, -0.1) is 0 Å². The van der Waals surface area contributed by atoms with E-state index in [-0.39, 0.29) is 23.2 Å². The molecule has 0 bridgehead atoms. The number of phenols is 1. The van der Waals surface area contributed by atoms with Crippen LogP contribution in [0.3, 0.4) is 0 Å². The Bertz CT molecular complexity index is 892. The van der Waals surface area contributed by atoms with Crippen LogP contribution in [0.5, 0.6) is 11.5 Å². The van der Waals surface area contributed by atoms with Gasteiger partial charge in [0.05, 0.1) is 6.10 Å². The molecule has 2 rings (SSSR count). The summed E-state index contributed by atoms with van der Waals surface area (Å²) in [6, 6.07) is 8.53. The zero-order chi connectivity index (χ0) is 20.8. The first-order valence-electron chi connectivity index (χ1n) is 9.01. The van der Waals surface area contributed by atoms with Crippen molar-refractivity contribution < 1.29 is 23.8 Å². The molecule has 0 saturated heterocycles. The van der Waals surface area contributed by atoms with Crippen molar-refractivity contribution in [3.8, 4) is 11.5 Å². The summed E-state index contributed by atoms with van der Waals surface area (Å²) in [5, 5.41) is 10.7. The molecule has 5 heteroatoms. The van der Waals surface area contributed by atoms with Crippen LogP contribution in [0.2, 0.25) is 0 Å². The van der Waals surface area contributed by atoms with E-state index in [0.29, 0.717) is 23.3 Å². The predicted molar refractivity (Wildman–Crippen MR) is 108 cm³/mol. The first kappa shape index (κ1) is 21.2. The van der Waals surface area contributed by atoms with Crippen LogP contribution in [-0.4, -0.2) is 17.2 Å². The second-order valence-corrected chi connectivity index (χ2v) is 6.91. The maximum Gasteiger partial charge on any atom is 0.347 e. The third kappa shape index (κ3) is 5.46. The minimum atomic E-state index is -0.749. The molecule has 148 valence electrons. The molecule has 0 heterocycles. The van der Waals surface area contributed by atoms with Crippen molar-refractivity contribution in [2.75, 3.05) is 0 Å². The number of carbonyl (C=O) groups is 1. The van der Waals surface area contributed by atoms with E-state index in [0.717, 1.165) is 5.57 Å². The lowest BCUT2D eigenvalue weighted by Gasteiger charge is -2.17. The second kappa shape index (κ2) is 9.22. The quantitative estimate of drug-likeness (QED) is 0.380. The van der Waals surface area contributed by atoms with Gasteiger partial charge in [-0.25, -0.2) is 9.18 Å². The number of hydrogen-bond acceptors (Lipinski definition) is 4. The minimum Gasteiger partial charge on any atom is -0.507 e. The van der Waals surface area contributed by atoms with E-state index in [1.807, 2.05) is 33.8 Å². The summed E-state index contributed by atoms with van der Waals surface area (Å²) in [5.41, 5.74) is 2.07. The molecule has 0 amide bonds. The molecule has 0 aliphatic rings. The van der Waals surface area contributed by atoms with Gasteiger partial charge in [-0.1, -0.05) is 18.2 Å². The molecule has 0 spiro atoms. The maximum atomic E-state index is 13.0. The fourth-order valence-corrected chi connectivity index (χ4v) is 2.51. The molecule has 0 aromatic heterocycles. The number of carbonyl (C=O) groups excluding carboxylic acids is 1. The third-order valence-electron chi connectivity index (χ3n) is 3.92. The Morgan fingerprint density at radius 2 is 1.82 bits per heavy atom. The van der Waals surface area contributed by atoms with E-state index in [1.165, 1.54) is 30.3 Å². The molecule has 4 nitrogen and oxygen atoms in total. The van der Waals surface area contributed by atoms with Crippen LogP contribution in [0.4, 0.5) is 4.39 Å². The number of aromatic hydroxyl groups is 1. The second-order valence-electron chi connectivity index (χ2n) is 6.91. The Balaban J connectivity index is 2.31. The zero-order valence-electron chi connectivity index (χ0n) is 16.6. The Labute approximate surface area is 164 Å². The summed E-state index contributed by atoms with van der Waals surface area (Å²) < 4.78 is 24.1. The first-order valence-corrected chi connectivity index (χ1v) is 9.01. The van der Waals surface area contributed by atoms with Gasteiger partial charge in [-0.2, -0.15) is 0 Å². The van der Waals surface area contributed by atoms with E-state index in [4.69, 9.17) is 9.47 Å². The van der Waals surface area contributed by atoms with Crippen LogP contribution >= 0.6 is 0 Å². The SMILES string of the molecule is C=C(OC(=O)c1ccc(OC(C)C)c(CC=C(C)C)c1O)c1ccc(F)cc1. The number of phenolic OH excluding ortho intramolecular Hbond substituents is 1. The van der Waals surface area contributed by atoms with Crippen LogP contribution in [0, 0.1) is 5.82 Å². The average Bonchev–Trinajstić information content (AvgIpc) is 2.61. The van der Waals surface area contributed by atoms with Gasteiger partial charge in [-0.3, -0.25) is 0 Å². The lowest BCUT2D eigenvalue weighted by Crippen LogP contribution is -2.10. The molecule has 1 N–H and O–H groups in total. The molecule has 0 radical (unpaired) electrons. The Kier molecular flexibility index (Phi) is 6.99. The summed E-state index contributed by atoms with van der Waals surface area (Å²) in [4.78, 5) is 12.6. The van der Waals surface area contributed by atoms with Crippen molar-refractivity contribution >= 4 is 11.7 Å². The molecular formula is C23H25FO4. The number of esters is 1. The summed E-state index contributed by atoms with van der Waals surface area (Å²) in [5.74, 6) is -0.754. The van der Waals surface area contributed by atoms with Crippen molar-refractivity contribution in [2.45, 2.75) is 40.2 Å². The standard InChI is InChI=1S/C23H25FO4/c1-14(2)6-11-19-21(27-15(3)4)13-12-20(22(19)25)23(26)28-16(5)17-7-9-18(24)10-8-17/h6-10,12-13,15,25H,5,11H2,1-4H3. The Hall–Kier alpha value is -3.08. The van der Waals surface area contributed by atoms with Gasteiger partial charge in [0, 0.05) is 11.1 Å². The summed E-state index contributed by atoms with van der Waals surface area (Å²) in [6.45, 7) is 11.4. The van der Waals surface area contributed by atoms with Crippen LogP contribution in [0.1, 0.15) is 49.2 Å². The largest absolute Gasteiger partial charge is 0.507 e. The van der Waals surface area contributed by atoms with E-state index < -0.39 is 11.8 Å². The predicted octanol–water partition coefficient (Wildman–Crippen LogP) is 5.65. The highest BCUT2D eigenvalue weighted by Gasteiger charge is 2.21. The monoisotopic (exact) mass is 384 g/mol. The molecule has 0 atom stereocenters. The molecule has 0 fully saturated rings. The van der Waals surface area contributed by atoms with E-state index in [2.05, 4.69) is 6.58 Å². The first-order chi connectivity index (χ1) is 13.2. The van der Waals surface area contributed by atoms with Gasteiger partial charge in [-0.05, 0) is 70.5 Å². The summed E-state index contributed by atoms with van der Waals surface area (Å²) >= 11 is 0. The molecular weight excluding hydrogens is 359 g/mol. The Morgan fingerprint density at radius 3 is 2.39 bits per heavy atom. The Morgan fingerprint density at radius 1 is 1.18 bits per heavy atom. The fraction of sp³-hybridized carbons (Fsp3) is 0.261. The highest BCUT2D eigenvalue weighted by molar-refractivity contribution is 5.96. The van der Waals surface area contributed by atoms with Crippen molar-refractivity contribution in [1.82, 2.24) is 0 Å². The molecule has 2 aromatic carbocycles. The molecule has 2 aromatic rings. The average molecular weight is 384 g/mol. The normalized spacial score (nSPS) is 10.5. The van der Waals surface area contributed by atoms with Crippen molar-refractivity contribution in [3.05, 3.63) is 77.1 Å². The number of benzene rings is 2. The molecule has 0 aliphatic carbocycles. The van der Waals surface area contributed by atoms with E-state index >= 15 is 0 Å². The maximum absolute atomic E-state index is 13.0. The highest BCUT2D eigenvalue weighted by atomic mass is 19.1. The van der Waals surface area contributed by atoms with E-state index in [9.17, 15) is 14.3 Å². The number of halogens is 1. The van der Waals surface area contributed by atoms with Gasteiger partial charge in [0.2, 0.25) is 0 Å². The fourth-order valence-electron chi connectivity index (χ4n) is 2.51. The number of rotatable bonds is 7. The lowest BCUT2D eigenvalue weighted by molar-refractivity contribution is 0.0689. The van der Waals surface area contributed by atoms with Crippen LogP contribution in [0.15, 0.2) is 54.6 Å². The number of allylic oxidation sites excluding steroid dienone is 2. The van der Waals surface area contributed by atoms with Gasteiger partial charge in [0.25, 0.3) is 0 Å². The number of ether oxygens (including phenoxy) is 2. The van der Waals surface area contributed by atoms with E-state index in [1.54, 1.807) is 6.07 Å². The van der Waals surface area contributed by atoms with Crippen LogP contribution < -0.4 is 4.74 Å². The van der Waals surface area contributed by atoms with Crippen molar-refractivity contribution in [3.63, 3.8) is 0 Å². The van der Waals surface area contributed by atoms with Gasteiger partial charge < -0.3 is 14.6 Å². The van der Waals surface area contributed by atoms with Crippen LogP contribution in [0.25, 0.3) is 5.76 Å². The van der Waals surface area contributed by atoms with Crippen molar-refractivity contribution in [2.24, 2.45) is 0 Å². The molecule has 0 unspecified atom stereocenters. The summed E-state index contributed by atoms with van der Waals surface area (Å²) in [6.07, 6.45) is 2.27. The molecule has 0 saturated carbocycles. The number of hydrogen-bond donors (Lipinski definition) is 1. The molecule has 28 heavy (non-hydrogen) atoms. The van der Waals surface area contributed by atoms with Gasteiger partial charge in [0.1, 0.15) is 28.6 Å². The van der Waals surface area contributed by atoms with Gasteiger partial charge >= 0.3 is 5.97 Å². The smallest absolute Gasteiger partial charge is 0.347 e.